The van der Waals surface area contributed by atoms with Crippen LogP contribution in [-0.2, 0) is 0 Å². The van der Waals surface area contributed by atoms with Crippen LogP contribution in [-0.4, -0.2) is 22.0 Å². The van der Waals surface area contributed by atoms with E-state index in [1.807, 2.05) is 121 Å². The molecule has 0 aliphatic carbocycles. The van der Waals surface area contributed by atoms with E-state index in [4.69, 9.17) is 0 Å². The van der Waals surface area contributed by atoms with Crippen molar-refractivity contribution in [2.75, 3.05) is 5.32 Å². The van der Waals surface area contributed by atoms with E-state index in [0.29, 0.717) is 38.1 Å². The zero-order chi connectivity index (χ0) is 34.9. The maximum atomic E-state index is 14.1. The minimum Gasteiger partial charge on any atom is -0.386 e. The molecular weight excluding hydrogens is 690 g/mol. The van der Waals surface area contributed by atoms with Crippen molar-refractivity contribution in [1.29, 1.82) is 0 Å². The molecule has 0 unspecified atom stereocenters. The Morgan fingerprint density at radius 3 is 1.32 bits per heavy atom. The smallest absolute Gasteiger partial charge is 0.254 e. The first kappa shape index (κ1) is 34.3. The number of anilines is 2. The van der Waals surface area contributed by atoms with Gasteiger partial charge in [0.2, 0.25) is 0 Å². The number of rotatable bonds is 12. The molecule has 50 heavy (non-hydrogen) atoms. The van der Waals surface area contributed by atoms with Gasteiger partial charge in [0.15, 0.2) is 0 Å². The van der Waals surface area contributed by atoms with Crippen molar-refractivity contribution in [1.82, 2.24) is 10.6 Å². The van der Waals surface area contributed by atoms with Crippen molar-refractivity contribution in [2.45, 2.75) is 24.3 Å². The fourth-order valence-corrected chi connectivity index (χ4v) is 6.24. The lowest BCUT2D eigenvalue weighted by Gasteiger charge is -2.26. The molecule has 0 fully saturated rings. The molecule has 0 radical (unpaired) electrons. The number of amides is 2. The number of carbonyl (C=O) groups is 2. The van der Waals surface area contributed by atoms with E-state index in [0.717, 1.165) is 11.1 Å². The van der Waals surface area contributed by atoms with E-state index < -0.39 is 36.1 Å². The predicted octanol–water partition coefficient (Wildman–Crippen LogP) is 8.60. The Morgan fingerprint density at radius 1 is 0.460 bits per heavy atom. The maximum Gasteiger partial charge on any atom is 0.254 e. The van der Waals surface area contributed by atoms with Crippen molar-refractivity contribution in [2.24, 2.45) is 0 Å². The van der Waals surface area contributed by atoms with Gasteiger partial charge in [-0.2, -0.15) is 0 Å². The molecule has 250 valence electrons. The van der Waals surface area contributed by atoms with Crippen LogP contribution in [0.4, 0.5) is 11.4 Å². The number of carbonyl (C=O) groups excluding carboxylic acids is 2. The predicted molar refractivity (Wildman–Crippen MR) is 200 cm³/mol. The first-order valence-corrected chi connectivity index (χ1v) is 17.0. The lowest BCUT2D eigenvalue weighted by molar-refractivity contribution is 0.0828. The lowest BCUT2D eigenvalue weighted by Crippen LogP contribution is -2.33. The molecule has 2 amide bonds. The number of aliphatic hydroxyl groups excluding tert-OH is 2. The van der Waals surface area contributed by atoms with Gasteiger partial charge in [-0.15, -0.1) is 0 Å². The van der Waals surface area contributed by atoms with Gasteiger partial charge in [-0.1, -0.05) is 149 Å². The number of halogens is 1. The second-order valence-corrected chi connectivity index (χ2v) is 12.7. The van der Waals surface area contributed by atoms with Crippen LogP contribution in [0.15, 0.2) is 168 Å². The molecule has 4 atom stereocenters. The topological polar surface area (TPSA) is 111 Å². The van der Waals surface area contributed by atoms with E-state index in [1.54, 1.807) is 42.5 Å². The molecule has 0 aromatic heterocycles. The average Bonchev–Trinajstić information content (AvgIpc) is 3.17. The summed E-state index contributed by atoms with van der Waals surface area (Å²) in [4.78, 5) is 28.1. The monoisotopic (exact) mass is 725 g/mol. The largest absolute Gasteiger partial charge is 0.386 e. The molecule has 0 saturated heterocycles. The zero-order valence-corrected chi connectivity index (χ0v) is 28.6. The van der Waals surface area contributed by atoms with Crippen molar-refractivity contribution < 1.29 is 19.8 Å². The summed E-state index contributed by atoms with van der Waals surface area (Å²) in [5.74, 6) is -0.829. The molecule has 5 N–H and O–H groups in total. The average molecular weight is 727 g/mol. The minimum atomic E-state index is -1.01. The molecule has 6 aromatic carbocycles. The summed E-state index contributed by atoms with van der Waals surface area (Å²) in [6.07, 6.45) is -2.02. The van der Waals surface area contributed by atoms with Crippen molar-refractivity contribution in [3.05, 3.63) is 202 Å². The number of hydrogen-bond donors (Lipinski definition) is 5. The third kappa shape index (κ3) is 8.18. The van der Waals surface area contributed by atoms with Gasteiger partial charge in [-0.05, 0) is 52.6 Å². The molecule has 7 nitrogen and oxygen atoms in total. The highest BCUT2D eigenvalue weighted by atomic mass is 79.9. The Hall–Kier alpha value is -5.54. The van der Waals surface area contributed by atoms with Gasteiger partial charge >= 0.3 is 0 Å². The quantitative estimate of drug-likeness (QED) is 0.0868. The standard InChI is InChI=1S/C42H36BrN3O4/c43-32-25-26-36(34(27-32)42(50)46-38(29-17-7-2-8-18-29)40(48)31-21-11-4-12-22-31)44-35-24-14-13-23-33(35)41(49)45-37(28-15-5-1-6-16-28)39(47)30-19-9-3-10-20-30/h1-27,37-40,44,47-48H,(H,45,49)(H,46,50)/t37-,38-,39+,40+/m0/s1. The van der Waals surface area contributed by atoms with Gasteiger partial charge in [-0.25, -0.2) is 0 Å². The van der Waals surface area contributed by atoms with Crippen LogP contribution < -0.4 is 16.0 Å². The van der Waals surface area contributed by atoms with Crippen LogP contribution in [0.1, 0.15) is 67.3 Å². The van der Waals surface area contributed by atoms with E-state index >= 15 is 0 Å². The Bertz CT molecular complexity index is 2030. The molecule has 0 bridgehead atoms. The molecule has 8 heteroatoms. The first-order valence-electron chi connectivity index (χ1n) is 16.2. The van der Waals surface area contributed by atoms with Crippen molar-refractivity contribution >= 4 is 39.1 Å². The summed E-state index contributed by atoms with van der Waals surface area (Å²) in [5, 5.41) is 32.3. The van der Waals surface area contributed by atoms with Crippen LogP contribution in [0.25, 0.3) is 0 Å². The highest BCUT2D eigenvalue weighted by Crippen LogP contribution is 2.33. The van der Waals surface area contributed by atoms with Crippen LogP contribution in [0, 0.1) is 0 Å². The number of benzene rings is 6. The molecule has 0 aliphatic heterocycles. The molecular formula is C42H36BrN3O4. The Kier molecular flexibility index (Phi) is 11.1. The number of hydrogen-bond acceptors (Lipinski definition) is 5. The van der Waals surface area contributed by atoms with Gasteiger partial charge in [0.25, 0.3) is 11.8 Å². The number of para-hydroxylation sites is 1. The molecule has 0 heterocycles. The van der Waals surface area contributed by atoms with E-state index in [2.05, 4.69) is 31.9 Å². The van der Waals surface area contributed by atoms with Crippen LogP contribution in [0.3, 0.4) is 0 Å². The Morgan fingerprint density at radius 2 is 0.840 bits per heavy atom. The molecule has 0 spiro atoms. The minimum absolute atomic E-state index is 0.303. The summed E-state index contributed by atoms with van der Waals surface area (Å²) in [7, 11) is 0. The van der Waals surface area contributed by atoms with Gasteiger partial charge < -0.3 is 26.2 Å². The highest BCUT2D eigenvalue weighted by Gasteiger charge is 2.28. The second-order valence-electron chi connectivity index (χ2n) is 11.8. The summed E-state index contributed by atoms with van der Waals surface area (Å²) >= 11 is 3.50. The van der Waals surface area contributed by atoms with Gasteiger partial charge in [0.1, 0.15) is 12.2 Å². The van der Waals surface area contributed by atoms with Crippen LogP contribution in [0.2, 0.25) is 0 Å². The maximum absolute atomic E-state index is 14.1. The third-order valence-electron chi connectivity index (χ3n) is 8.47. The van der Waals surface area contributed by atoms with Crippen LogP contribution in [0.5, 0.6) is 0 Å². The summed E-state index contributed by atoms with van der Waals surface area (Å²) in [5.41, 5.74) is 4.38. The van der Waals surface area contributed by atoms with E-state index in [-0.39, 0.29) is 0 Å². The summed E-state index contributed by atoms with van der Waals surface area (Å²) in [6.45, 7) is 0. The fraction of sp³-hybridized carbons (Fsp3) is 0.0952. The van der Waals surface area contributed by atoms with Gasteiger partial charge in [-0.3, -0.25) is 9.59 Å². The normalized spacial score (nSPS) is 13.3. The lowest BCUT2D eigenvalue weighted by atomic mass is 9.95. The van der Waals surface area contributed by atoms with Gasteiger partial charge in [0, 0.05) is 4.47 Å². The second kappa shape index (κ2) is 16.2. The fourth-order valence-electron chi connectivity index (χ4n) is 5.88. The molecule has 6 rings (SSSR count). The highest BCUT2D eigenvalue weighted by molar-refractivity contribution is 9.10. The van der Waals surface area contributed by atoms with Crippen molar-refractivity contribution in [3.63, 3.8) is 0 Å². The SMILES string of the molecule is O=C(N[C@@H](c1ccccc1)[C@H](O)c1ccccc1)c1ccccc1Nc1ccc(Br)cc1C(=O)N[C@@H](c1ccccc1)[C@H](O)c1ccccc1. The molecule has 0 aliphatic rings. The summed E-state index contributed by atoms with van der Waals surface area (Å²) in [6, 6.07) is 47.9. The Balaban J connectivity index is 1.29. The van der Waals surface area contributed by atoms with E-state index in [9.17, 15) is 19.8 Å². The van der Waals surface area contributed by atoms with Gasteiger partial charge in [0.05, 0.1) is 34.6 Å². The summed E-state index contributed by atoms with van der Waals surface area (Å²) < 4.78 is 0.680. The first-order chi connectivity index (χ1) is 24.4. The molecule has 6 aromatic rings. The van der Waals surface area contributed by atoms with Crippen LogP contribution >= 0.6 is 15.9 Å². The number of aliphatic hydroxyl groups is 2. The van der Waals surface area contributed by atoms with Crippen molar-refractivity contribution in [3.8, 4) is 0 Å². The zero-order valence-electron chi connectivity index (χ0n) is 27.0. The van der Waals surface area contributed by atoms with E-state index in [1.165, 1.54) is 0 Å². The number of nitrogens with one attached hydrogen (secondary N) is 3. The Labute approximate surface area is 299 Å². The third-order valence-corrected chi connectivity index (χ3v) is 8.96. The molecule has 0 saturated carbocycles.